The van der Waals surface area contributed by atoms with E-state index in [2.05, 4.69) is 15.9 Å². The molecule has 0 radical (unpaired) electrons. The molecule has 2 aromatic carbocycles. The summed E-state index contributed by atoms with van der Waals surface area (Å²) in [6, 6.07) is 9.88. The van der Waals surface area contributed by atoms with Crippen LogP contribution in [0.15, 0.2) is 40.9 Å². The van der Waals surface area contributed by atoms with E-state index in [0.29, 0.717) is 22.7 Å². The molecule has 3 nitrogen and oxygen atoms in total. The molecule has 0 fully saturated rings. The first-order valence-corrected chi connectivity index (χ1v) is 6.39. The second kappa shape index (κ2) is 5.93. The molecular weight excluding hydrogens is 313 g/mol. The fraction of sp³-hybridized carbons (Fsp3) is 0.143. The summed E-state index contributed by atoms with van der Waals surface area (Å²) in [4.78, 5) is 0. The van der Waals surface area contributed by atoms with E-state index in [1.807, 2.05) is 0 Å². The average molecular weight is 326 g/mol. The van der Waals surface area contributed by atoms with Crippen molar-refractivity contribution in [1.82, 2.24) is 0 Å². The Balaban J connectivity index is 2.12. The highest BCUT2D eigenvalue weighted by Crippen LogP contribution is 2.28. The van der Waals surface area contributed by atoms with E-state index in [-0.39, 0.29) is 12.4 Å². The van der Waals surface area contributed by atoms with Gasteiger partial charge in [0.05, 0.1) is 11.6 Å². The topological polar surface area (TPSA) is 44.5 Å². The van der Waals surface area contributed by atoms with Crippen LogP contribution in [-0.2, 0) is 6.61 Å². The minimum absolute atomic E-state index is 0.123. The van der Waals surface area contributed by atoms with Crippen molar-refractivity contribution >= 4 is 21.6 Å². The van der Waals surface area contributed by atoms with Gasteiger partial charge < -0.3 is 15.2 Å². The van der Waals surface area contributed by atoms with Crippen molar-refractivity contribution in [3.63, 3.8) is 0 Å². The Morgan fingerprint density at radius 2 is 2.00 bits per heavy atom. The average Bonchev–Trinajstić information content (AvgIpc) is 2.40. The number of nitrogen functional groups attached to an aromatic ring is 1. The first-order valence-electron chi connectivity index (χ1n) is 5.60. The highest BCUT2D eigenvalue weighted by Gasteiger charge is 2.07. The minimum Gasteiger partial charge on any atom is -0.497 e. The van der Waals surface area contributed by atoms with Crippen LogP contribution in [0.1, 0.15) is 5.56 Å². The number of rotatable bonds is 4. The third-order valence-electron chi connectivity index (χ3n) is 2.60. The molecular formula is C14H13BrFNO2. The first kappa shape index (κ1) is 13.7. The van der Waals surface area contributed by atoms with E-state index in [9.17, 15) is 4.39 Å². The van der Waals surface area contributed by atoms with Gasteiger partial charge in [0.2, 0.25) is 0 Å². The zero-order valence-electron chi connectivity index (χ0n) is 10.3. The summed E-state index contributed by atoms with van der Waals surface area (Å²) in [5.41, 5.74) is 6.72. The van der Waals surface area contributed by atoms with Gasteiger partial charge in [-0.3, -0.25) is 0 Å². The zero-order valence-corrected chi connectivity index (χ0v) is 11.9. The SMILES string of the molecule is COc1ccc(COc2cc(N)ccc2Br)c(F)c1. The summed E-state index contributed by atoms with van der Waals surface area (Å²) < 4.78 is 25.0. The predicted octanol–water partition coefficient (Wildman–Crippen LogP) is 3.76. The minimum atomic E-state index is -0.362. The van der Waals surface area contributed by atoms with E-state index < -0.39 is 0 Å². The Bertz CT molecular complexity index is 590. The fourth-order valence-corrected chi connectivity index (χ4v) is 1.92. The van der Waals surface area contributed by atoms with Gasteiger partial charge in [0, 0.05) is 23.4 Å². The molecule has 0 amide bonds. The van der Waals surface area contributed by atoms with Gasteiger partial charge in [-0.2, -0.15) is 0 Å². The molecule has 2 N–H and O–H groups in total. The summed E-state index contributed by atoms with van der Waals surface area (Å²) in [6.07, 6.45) is 0. The van der Waals surface area contributed by atoms with Crippen molar-refractivity contribution in [3.05, 3.63) is 52.3 Å². The maximum Gasteiger partial charge on any atom is 0.136 e. The van der Waals surface area contributed by atoms with Crippen molar-refractivity contribution in [2.75, 3.05) is 12.8 Å². The van der Waals surface area contributed by atoms with Crippen LogP contribution in [0.3, 0.4) is 0 Å². The number of halogens is 2. The second-order valence-corrected chi connectivity index (χ2v) is 4.79. The molecule has 0 heterocycles. The number of nitrogens with two attached hydrogens (primary N) is 1. The van der Waals surface area contributed by atoms with E-state index in [1.54, 1.807) is 30.3 Å². The maximum absolute atomic E-state index is 13.7. The Hall–Kier alpha value is -1.75. The van der Waals surface area contributed by atoms with Crippen molar-refractivity contribution in [1.29, 1.82) is 0 Å². The highest BCUT2D eigenvalue weighted by molar-refractivity contribution is 9.10. The maximum atomic E-state index is 13.7. The van der Waals surface area contributed by atoms with Crippen molar-refractivity contribution in [2.45, 2.75) is 6.61 Å². The van der Waals surface area contributed by atoms with Crippen LogP contribution in [0.4, 0.5) is 10.1 Å². The number of anilines is 1. The molecule has 0 saturated heterocycles. The van der Waals surface area contributed by atoms with Crippen LogP contribution in [0.25, 0.3) is 0 Å². The lowest BCUT2D eigenvalue weighted by molar-refractivity contribution is 0.297. The number of hydrogen-bond donors (Lipinski definition) is 1. The third kappa shape index (κ3) is 3.38. The van der Waals surface area contributed by atoms with Crippen LogP contribution in [-0.4, -0.2) is 7.11 Å². The van der Waals surface area contributed by atoms with Gasteiger partial charge in [-0.15, -0.1) is 0 Å². The van der Waals surface area contributed by atoms with Crippen LogP contribution in [0.5, 0.6) is 11.5 Å². The van der Waals surface area contributed by atoms with Gasteiger partial charge in [0.1, 0.15) is 23.9 Å². The van der Waals surface area contributed by atoms with Crippen LogP contribution >= 0.6 is 15.9 Å². The monoisotopic (exact) mass is 325 g/mol. The predicted molar refractivity (Wildman–Crippen MR) is 75.8 cm³/mol. The molecule has 2 rings (SSSR count). The Kier molecular flexibility index (Phi) is 4.27. The molecule has 0 aliphatic carbocycles. The molecule has 0 atom stereocenters. The Labute approximate surface area is 119 Å². The lowest BCUT2D eigenvalue weighted by atomic mass is 10.2. The number of benzene rings is 2. The quantitative estimate of drug-likeness (QED) is 0.870. The van der Waals surface area contributed by atoms with Gasteiger partial charge in [-0.1, -0.05) is 0 Å². The van der Waals surface area contributed by atoms with Crippen LogP contribution < -0.4 is 15.2 Å². The molecule has 0 aromatic heterocycles. The smallest absolute Gasteiger partial charge is 0.136 e. The van der Waals surface area contributed by atoms with Gasteiger partial charge >= 0.3 is 0 Å². The van der Waals surface area contributed by atoms with Gasteiger partial charge in [-0.25, -0.2) is 4.39 Å². The third-order valence-corrected chi connectivity index (χ3v) is 3.25. The molecule has 0 aliphatic heterocycles. The highest BCUT2D eigenvalue weighted by atomic mass is 79.9. The summed E-state index contributed by atoms with van der Waals surface area (Å²) in [5.74, 6) is 0.695. The standard InChI is InChI=1S/C14H13BrFNO2/c1-18-11-4-2-9(13(16)7-11)8-19-14-6-10(17)3-5-12(14)15/h2-7H,8,17H2,1H3. The molecule has 5 heteroatoms. The van der Waals surface area contributed by atoms with Crippen molar-refractivity contribution in [2.24, 2.45) is 0 Å². The molecule has 0 unspecified atom stereocenters. The van der Waals surface area contributed by atoms with Gasteiger partial charge in [-0.05, 0) is 40.2 Å². The summed E-state index contributed by atoms with van der Waals surface area (Å²) in [7, 11) is 1.49. The number of hydrogen-bond acceptors (Lipinski definition) is 3. The Morgan fingerprint density at radius 1 is 1.21 bits per heavy atom. The largest absolute Gasteiger partial charge is 0.497 e. The lowest BCUT2D eigenvalue weighted by Gasteiger charge is -2.10. The second-order valence-electron chi connectivity index (χ2n) is 3.94. The van der Waals surface area contributed by atoms with Gasteiger partial charge in [0.15, 0.2) is 0 Å². The van der Waals surface area contributed by atoms with E-state index in [4.69, 9.17) is 15.2 Å². The van der Waals surface area contributed by atoms with Crippen molar-refractivity contribution in [3.8, 4) is 11.5 Å². The van der Waals surface area contributed by atoms with E-state index in [1.165, 1.54) is 13.2 Å². The summed E-state index contributed by atoms with van der Waals surface area (Å²) in [5, 5.41) is 0. The fourth-order valence-electron chi connectivity index (χ4n) is 1.56. The zero-order chi connectivity index (χ0) is 13.8. The molecule has 0 saturated carbocycles. The Morgan fingerprint density at radius 3 is 2.68 bits per heavy atom. The number of methoxy groups -OCH3 is 1. The molecule has 0 bridgehead atoms. The molecule has 0 aliphatic rings. The van der Waals surface area contributed by atoms with Crippen LogP contribution in [0.2, 0.25) is 0 Å². The van der Waals surface area contributed by atoms with Crippen molar-refractivity contribution < 1.29 is 13.9 Å². The van der Waals surface area contributed by atoms with E-state index in [0.717, 1.165) is 4.47 Å². The normalized spacial score (nSPS) is 10.3. The molecule has 100 valence electrons. The van der Waals surface area contributed by atoms with Crippen LogP contribution in [0, 0.1) is 5.82 Å². The number of ether oxygens (including phenoxy) is 2. The molecule has 2 aromatic rings. The first-order chi connectivity index (χ1) is 9.10. The van der Waals surface area contributed by atoms with Gasteiger partial charge in [0.25, 0.3) is 0 Å². The summed E-state index contributed by atoms with van der Waals surface area (Å²) in [6.45, 7) is 0.123. The van der Waals surface area contributed by atoms with E-state index >= 15 is 0 Å². The lowest BCUT2D eigenvalue weighted by Crippen LogP contribution is -2.00. The molecule has 19 heavy (non-hydrogen) atoms. The molecule has 0 spiro atoms. The summed E-state index contributed by atoms with van der Waals surface area (Å²) >= 11 is 3.35.